The van der Waals surface area contributed by atoms with Gasteiger partial charge in [0.05, 0.1) is 5.56 Å². The summed E-state index contributed by atoms with van der Waals surface area (Å²) in [5.41, 5.74) is 1.01. The summed E-state index contributed by atoms with van der Waals surface area (Å²) >= 11 is 0. The van der Waals surface area contributed by atoms with Crippen LogP contribution in [0.1, 0.15) is 11.1 Å². The number of rotatable bonds is 0. The SMILES string of the molecule is N#Cc1cncc(C#CC=O)c1. The molecule has 0 N–H and O–H groups in total. The third-order valence-electron chi connectivity index (χ3n) is 1.14. The molecule has 12 heavy (non-hydrogen) atoms. The van der Waals surface area contributed by atoms with E-state index in [4.69, 9.17) is 5.26 Å². The van der Waals surface area contributed by atoms with Gasteiger partial charge in [0.25, 0.3) is 0 Å². The standard InChI is InChI=1S/C9H4N2O/c10-5-9-4-8(2-1-3-12)6-11-7-9/h3-4,6-7H. The quantitative estimate of drug-likeness (QED) is 0.406. The van der Waals surface area contributed by atoms with E-state index < -0.39 is 0 Å². The van der Waals surface area contributed by atoms with Gasteiger partial charge in [0.15, 0.2) is 6.29 Å². The van der Waals surface area contributed by atoms with Crippen LogP contribution in [0.25, 0.3) is 0 Å². The van der Waals surface area contributed by atoms with Gasteiger partial charge < -0.3 is 0 Å². The fourth-order valence-corrected chi connectivity index (χ4v) is 0.682. The molecule has 0 spiro atoms. The summed E-state index contributed by atoms with van der Waals surface area (Å²) < 4.78 is 0. The molecule has 0 saturated carbocycles. The van der Waals surface area contributed by atoms with Gasteiger partial charge in [-0.2, -0.15) is 5.26 Å². The fraction of sp³-hybridized carbons (Fsp3) is 0. The molecule has 0 bridgehead atoms. The molecule has 0 aliphatic heterocycles. The topological polar surface area (TPSA) is 53.8 Å². The maximum absolute atomic E-state index is 9.87. The predicted octanol–water partition coefficient (Wildman–Crippen LogP) is 0.504. The minimum atomic E-state index is 0.438. The Morgan fingerprint density at radius 3 is 2.83 bits per heavy atom. The van der Waals surface area contributed by atoms with Crippen LogP contribution in [-0.2, 0) is 4.79 Å². The van der Waals surface area contributed by atoms with Crippen molar-refractivity contribution in [2.24, 2.45) is 0 Å². The number of hydrogen-bond donors (Lipinski definition) is 0. The second-order valence-corrected chi connectivity index (χ2v) is 1.96. The average Bonchev–Trinajstić information content (AvgIpc) is 2.15. The molecule has 0 amide bonds. The van der Waals surface area contributed by atoms with Crippen LogP contribution in [-0.4, -0.2) is 11.3 Å². The van der Waals surface area contributed by atoms with Crippen molar-refractivity contribution in [3.63, 3.8) is 0 Å². The summed E-state index contributed by atoms with van der Waals surface area (Å²) in [6, 6.07) is 3.50. The van der Waals surface area contributed by atoms with Gasteiger partial charge in [-0.1, -0.05) is 5.92 Å². The number of hydrogen-bond acceptors (Lipinski definition) is 3. The Kier molecular flexibility index (Phi) is 2.59. The highest BCUT2D eigenvalue weighted by Crippen LogP contribution is 1.98. The van der Waals surface area contributed by atoms with Gasteiger partial charge in [0.1, 0.15) is 6.07 Å². The second-order valence-electron chi connectivity index (χ2n) is 1.96. The van der Waals surface area contributed by atoms with E-state index in [0.29, 0.717) is 17.4 Å². The number of carbonyl (C=O) groups is 1. The molecule has 56 valence electrons. The predicted molar refractivity (Wildman–Crippen MR) is 41.9 cm³/mol. The molecule has 0 aliphatic rings. The van der Waals surface area contributed by atoms with Crippen molar-refractivity contribution in [2.45, 2.75) is 0 Å². The number of aromatic nitrogens is 1. The van der Waals surface area contributed by atoms with E-state index in [-0.39, 0.29) is 0 Å². The Labute approximate surface area is 69.7 Å². The lowest BCUT2D eigenvalue weighted by Crippen LogP contribution is -1.81. The van der Waals surface area contributed by atoms with E-state index in [1.54, 1.807) is 6.07 Å². The summed E-state index contributed by atoms with van der Waals surface area (Å²) in [6.45, 7) is 0. The second kappa shape index (κ2) is 3.90. The minimum absolute atomic E-state index is 0.438. The summed E-state index contributed by atoms with van der Waals surface area (Å²) in [7, 11) is 0. The molecule has 3 heteroatoms. The van der Waals surface area contributed by atoms with E-state index in [1.807, 2.05) is 6.07 Å². The van der Waals surface area contributed by atoms with Gasteiger partial charge in [0, 0.05) is 18.0 Å². The molecular formula is C9H4N2O. The Morgan fingerprint density at radius 1 is 1.42 bits per heavy atom. The normalized spacial score (nSPS) is 7.58. The highest BCUT2D eigenvalue weighted by molar-refractivity contribution is 5.73. The summed E-state index contributed by atoms with van der Waals surface area (Å²) in [6.07, 6.45) is 3.43. The Hall–Kier alpha value is -2.13. The highest BCUT2D eigenvalue weighted by atomic mass is 16.1. The zero-order valence-corrected chi connectivity index (χ0v) is 6.11. The Bertz CT molecular complexity index is 393. The first-order chi connectivity index (χ1) is 5.86. The maximum atomic E-state index is 9.87. The van der Waals surface area contributed by atoms with E-state index in [9.17, 15) is 4.79 Å². The highest BCUT2D eigenvalue weighted by Gasteiger charge is 1.90. The lowest BCUT2D eigenvalue weighted by Gasteiger charge is -1.88. The van der Waals surface area contributed by atoms with E-state index in [1.165, 1.54) is 12.4 Å². The number of nitriles is 1. The van der Waals surface area contributed by atoms with Crippen LogP contribution in [0.15, 0.2) is 18.5 Å². The molecule has 0 unspecified atom stereocenters. The van der Waals surface area contributed by atoms with Gasteiger partial charge in [-0.25, -0.2) is 0 Å². The molecule has 1 aromatic heterocycles. The summed E-state index contributed by atoms with van der Waals surface area (Å²) in [5, 5.41) is 8.48. The largest absolute Gasteiger partial charge is 0.289 e. The van der Waals surface area contributed by atoms with Crippen molar-refractivity contribution >= 4 is 6.29 Å². The molecule has 0 atom stereocenters. The monoisotopic (exact) mass is 156 g/mol. The molecule has 0 aliphatic carbocycles. The van der Waals surface area contributed by atoms with Gasteiger partial charge in [-0.05, 0) is 12.0 Å². The maximum Gasteiger partial charge on any atom is 0.193 e. The third-order valence-corrected chi connectivity index (χ3v) is 1.14. The Morgan fingerprint density at radius 2 is 2.17 bits per heavy atom. The van der Waals surface area contributed by atoms with Crippen molar-refractivity contribution in [2.75, 3.05) is 0 Å². The first kappa shape index (κ1) is 7.97. The summed E-state index contributed by atoms with van der Waals surface area (Å²) in [5.74, 6) is 4.77. The van der Waals surface area contributed by atoms with Gasteiger partial charge >= 0.3 is 0 Å². The minimum Gasteiger partial charge on any atom is -0.289 e. The third kappa shape index (κ3) is 1.93. The van der Waals surface area contributed by atoms with Gasteiger partial charge in [-0.15, -0.1) is 0 Å². The van der Waals surface area contributed by atoms with Crippen molar-refractivity contribution in [3.05, 3.63) is 29.6 Å². The molecule has 0 fully saturated rings. The zero-order valence-electron chi connectivity index (χ0n) is 6.11. The van der Waals surface area contributed by atoms with Crippen LogP contribution < -0.4 is 0 Å². The zero-order chi connectivity index (χ0) is 8.81. The lowest BCUT2D eigenvalue weighted by atomic mass is 10.2. The van der Waals surface area contributed by atoms with Crippen LogP contribution >= 0.6 is 0 Å². The van der Waals surface area contributed by atoms with Crippen LogP contribution in [0.2, 0.25) is 0 Å². The van der Waals surface area contributed by atoms with Gasteiger partial charge in [0.2, 0.25) is 0 Å². The van der Waals surface area contributed by atoms with Gasteiger partial charge in [-0.3, -0.25) is 9.78 Å². The number of nitrogens with zero attached hydrogens (tertiary/aromatic N) is 2. The van der Waals surface area contributed by atoms with E-state index in [0.717, 1.165) is 0 Å². The average molecular weight is 156 g/mol. The first-order valence-electron chi connectivity index (χ1n) is 3.17. The van der Waals surface area contributed by atoms with Crippen LogP contribution in [0.5, 0.6) is 0 Å². The van der Waals surface area contributed by atoms with Crippen molar-refractivity contribution in [3.8, 4) is 17.9 Å². The molecular weight excluding hydrogens is 152 g/mol. The van der Waals surface area contributed by atoms with E-state index >= 15 is 0 Å². The first-order valence-corrected chi connectivity index (χ1v) is 3.17. The molecule has 1 heterocycles. The molecule has 3 nitrogen and oxygen atoms in total. The van der Waals surface area contributed by atoms with Crippen LogP contribution in [0, 0.1) is 23.2 Å². The Balaban J connectivity index is 3.03. The number of aldehydes is 1. The smallest absolute Gasteiger partial charge is 0.193 e. The van der Waals surface area contributed by atoms with Crippen molar-refractivity contribution in [1.29, 1.82) is 5.26 Å². The number of pyridine rings is 1. The van der Waals surface area contributed by atoms with Crippen LogP contribution in [0.3, 0.4) is 0 Å². The van der Waals surface area contributed by atoms with Crippen molar-refractivity contribution < 1.29 is 4.79 Å². The molecule has 0 radical (unpaired) electrons. The molecule has 0 aromatic carbocycles. The lowest BCUT2D eigenvalue weighted by molar-refractivity contribution is -0.103. The molecule has 1 aromatic rings. The summed E-state index contributed by atoms with van der Waals surface area (Å²) in [4.78, 5) is 13.6. The fourth-order valence-electron chi connectivity index (χ4n) is 0.682. The van der Waals surface area contributed by atoms with E-state index in [2.05, 4.69) is 16.8 Å². The van der Waals surface area contributed by atoms with Crippen LogP contribution in [0.4, 0.5) is 0 Å². The van der Waals surface area contributed by atoms with Crippen molar-refractivity contribution in [1.82, 2.24) is 4.98 Å². The molecule has 1 rings (SSSR count). The number of carbonyl (C=O) groups excluding carboxylic acids is 1. The molecule has 0 saturated heterocycles.